The number of carbonyl (C=O) groups excluding carboxylic acids is 1. The lowest BCUT2D eigenvalue weighted by atomic mass is 9.81. The van der Waals surface area contributed by atoms with Gasteiger partial charge in [-0.1, -0.05) is 6.92 Å². The molecule has 8 heteroatoms. The van der Waals surface area contributed by atoms with E-state index in [1.807, 2.05) is 11.8 Å². The van der Waals surface area contributed by atoms with Gasteiger partial charge in [-0.25, -0.2) is 14.8 Å². The molecule has 1 amide bonds. The molecule has 2 N–H and O–H groups in total. The summed E-state index contributed by atoms with van der Waals surface area (Å²) in [6.45, 7) is 5.71. The molecule has 0 saturated carbocycles. The first-order valence-electron chi connectivity index (χ1n) is 6.96. The normalized spacial score (nSPS) is 16.9. The number of hydrogen-bond donors (Lipinski definition) is 1. The molecule has 0 aromatic carbocycles. The standard InChI is InChI=1S/C14H18BrN5O2/c1-9-11(15)10(7-16)19-13(18-9)20-5-3-14(2,4-6-20)8-22-12(17)21/h3-6,8H2,1-2H3,(H2,17,21). The molecular weight excluding hydrogens is 350 g/mol. The van der Waals surface area contributed by atoms with Crippen molar-refractivity contribution in [2.24, 2.45) is 11.1 Å². The highest BCUT2D eigenvalue weighted by Gasteiger charge is 2.32. The molecule has 0 bridgehead atoms. The fraction of sp³-hybridized carbons (Fsp3) is 0.571. The average Bonchev–Trinajstić information content (AvgIpc) is 2.49. The Hall–Kier alpha value is -1.88. The van der Waals surface area contributed by atoms with Crippen molar-refractivity contribution in [1.82, 2.24) is 9.97 Å². The molecule has 2 heterocycles. The van der Waals surface area contributed by atoms with Gasteiger partial charge < -0.3 is 15.4 Å². The van der Waals surface area contributed by atoms with Crippen molar-refractivity contribution in [3.05, 3.63) is 15.9 Å². The van der Waals surface area contributed by atoms with Crippen LogP contribution in [0.15, 0.2) is 4.47 Å². The summed E-state index contributed by atoms with van der Waals surface area (Å²) in [6, 6.07) is 2.07. The molecule has 1 aliphatic heterocycles. The number of aromatic nitrogens is 2. The maximum absolute atomic E-state index is 10.7. The van der Waals surface area contributed by atoms with E-state index < -0.39 is 6.09 Å². The number of piperidine rings is 1. The van der Waals surface area contributed by atoms with E-state index in [2.05, 4.69) is 38.9 Å². The summed E-state index contributed by atoms with van der Waals surface area (Å²) < 4.78 is 5.57. The van der Waals surface area contributed by atoms with Gasteiger partial charge in [-0.2, -0.15) is 5.26 Å². The largest absolute Gasteiger partial charge is 0.449 e. The van der Waals surface area contributed by atoms with E-state index in [9.17, 15) is 4.79 Å². The first-order chi connectivity index (χ1) is 10.3. The van der Waals surface area contributed by atoms with Gasteiger partial charge in [0.05, 0.1) is 16.8 Å². The van der Waals surface area contributed by atoms with Crippen LogP contribution in [0.25, 0.3) is 0 Å². The zero-order valence-corrected chi connectivity index (χ0v) is 14.2. The van der Waals surface area contributed by atoms with Crippen LogP contribution in [-0.2, 0) is 4.74 Å². The highest BCUT2D eigenvalue weighted by Crippen LogP contribution is 2.33. The third-order valence-electron chi connectivity index (χ3n) is 3.93. The highest BCUT2D eigenvalue weighted by molar-refractivity contribution is 9.10. The number of rotatable bonds is 3. The number of hydrogen-bond acceptors (Lipinski definition) is 6. The number of primary amides is 1. The zero-order chi connectivity index (χ0) is 16.3. The molecule has 2 rings (SSSR count). The van der Waals surface area contributed by atoms with Gasteiger partial charge in [0, 0.05) is 18.5 Å². The van der Waals surface area contributed by atoms with Crippen LogP contribution in [0.1, 0.15) is 31.2 Å². The SMILES string of the molecule is Cc1nc(N2CCC(C)(COC(N)=O)CC2)nc(C#N)c1Br. The number of nitrogens with zero attached hydrogens (tertiary/aromatic N) is 4. The Morgan fingerprint density at radius 2 is 2.14 bits per heavy atom. The molecule has 7 nitrogen and oxygen atoms in total. The van der Waals surface area contributed by atoms with Crippen LogP contribution < -0.4 is 10.6 Å². The number of aryl methyl sites for hydroxylation is 1. The minimum Gasteiger partial charge on any atom is -0.449 e. The summed E-state index contributed by atoms with van der Waals surface area (Å²) in [5, 5.41) is 9.12. The van der Waals surface area contributed by atoms with Gasteiger partial charge in [0.1, 0.15) is 6.07 Å². The third kappa shape index (κ3) is 3.65. The average molecular weight is 368 g/mol. The van der Waals surface area contributed by atoms with E-state index in [1.165, 1.54) is 0 Å². The van der Waals surface area contributed by atoms with Gasteiger partial charge in [-0.3, -0.25) is 0 Å². The van der Waals surface area contributed by atoms with Crippen LogP contribution in [0.4, 0.5) is 10.7 Å². The number of nitriles is 1. The van der Waals surface area contributed by atoms with Crippen LogP contribution in [0, 0.1) is 23.7 Å². The van der Waals surface area contributed by atoms with Crippen molar-refractivity contribution in [2.75, 3.05) is 24.6 Å². The predicted octanol–water partition coefficient (Wildman–Crippen LogP) is 2.12. The number of carbonyl (C=O) groups is 1. The van der Waals surface area contributed by atoms with Crippen LogP contribution in [0.5, 0.6) is 0 Å². The zero-order valence-electron chi connectivity index (χ0n) is 12.6. The van der Waals surface area contributed by atoms with E-state index in [4.69, 9.17) is 15.7 Å². The van der Waals surface area contributed by atoms with Crippen molar-refractivity contribution in [2.45, 2.75) is 26.7 Å². The van der Waals surface area contributed by atoms with Crippen molar-refractivity contribution in [3.8, 4) is 6.07 Å². The molecule has 22 heavy (non-hydrogen) atoms. The summed E-state index contributed by atoms with van der Waals surface area (Å²) in [5.74, 6) is 0.565. The van der Waals surface area contributed by atoms with Crippen molar-refractivity contribution >= 4 is 28.0 Å². The molecule has 1 aliphatic rings. The van der Waals surface area contributed by atoms with Gasteiger partial charge in [-0.05, 0) is 35.7 Å². The molecule has 0 atom stereocenters. The smallest absolute Gasteiger partial charge is 0.404 e. The summed E-state index contributed by atoms with van der Waals surface area (Å²) in [5.41, 5.74) is 6.02. The monoisotopic (exact) mass is 367 g/mol. The van der Waals surface area contributed by atoms with Gasteiger partial charge in [-0.15, -0.1) is 0 Å². The minimum atomic E-state index is -0.741. The Kier molecular flexibility index (Phi) is 4.86. The van der Waals surface area contributed by atoms with E-state index in [0.717, 1.165) is 31.6 Å². The van der Waals surface area contributed by atoms with Gasteiger partial charge >= 0.3 is 6.09 Å². The van der Waals surface area contributed by atoms with Crippen LogP contribution in [0.3, 0.4) is 0 Å². The highest BCUT2D eigenvalue weighted by atomic mass is 79.9. The fourth-order valence-electron chi connectivity index (χ4n) is 2.40. The van der Waals surface area contributed by atoms with E-state index >= 15 is 0 Å². The van der Waals surface area contributed by atoms with Gasteiger partial charge in [0.25, 0.3) is 0 Å². The summed E-state index contributed by atoms with van der Waals surface area (Å²) in [6.07, 6.45) is 0.926. The molecule has 1 fully saturated rings. The predicted molar refractivity (Wildman–Crippen MR) is 84.3 cm³/mol. The lowest BCUT2D eigenvalue weighted by Crippen LogP contribution is -2.42. The Morgan fingerprint density at radius 3 is 2.68 bits per heavy atom. The summed E-state index contributed by atoms with van der Waals surface area (Å²) in [7, 11) is 0. The number of halogens is 1. The molecule has 1 saturated heterocycles. The van der Waals surface area contributed by atoms with Crippen LogP contribution in [-0.4, -0.2) is 35.8 Å². The second kappa shape index (κ2) is 6.48. The minimum absolute atomic E-state index is 0.0893. The Bertz CT molecular complexity index is 620. The van der Waals surface area contributed by atoms with Crippen molar-refractivity contribution in [3.63, 3.8) is 0 Å². The van der Waals surface area contributed by atoms with Gasteiger partial charge in [0.2, 0.25) is 5.95 Å². The number of amides is 1. The topological polar surface area (TPSA) is 105 Å². The first-order valence-corrected chi connectivity index (χ1v) is 7.75. The summed E-state index contributed by atoms with van der Waals surface area (Å²) >= 11 is 3.32. The lowest BCUT2D eigenvalue weighted by molar-refractivity contribution is 0.0817. The first kappa shape index (κ1) is 16.5. The third-order valence-corrected chi connectivity index (χ3v) is 4.88. The van der Waals surface area contributed by atoms with Crippen molar-refractivity contribution in [1.29, 1.82) is 5.26 Å². The fourth-order valence-corrected chi connectivity index (χ4v) is 2.66. The second-order valence-electron chi connectivity index (χ2n) is 5.79. The molecule has 0 spiro atoms. The number of ether oxygens (including phenoxy) is 1. The quantitative estimate of drug-likeness (QED) is 0.876. The molecule has 0 unspecified atom stereocenters. The maximum Gasteiger partial charge on any atom is 0.404 e. The molecule has 0 aliphatic carbocycles. The van der Waals surface area contributed by atoms with E-state index in [1.54, 1.807) is 0 Å². The Balaban J connectivity index is 2.07. The second-order valence-corrected chi connectivity index (χ2v) is 6.58. The number of nitrogens with two attached hydrogens (primary N) is 1. The number of anilines is 1. The maximum atomic E-state index is 10.7. The van der Waals surface area contributed by atoms with Gasteiger partial charge in [0.15, 0.2) is 5.69 Å². The molecule has 0 radical (unpaired) electrons. The molecular formula is C14H18BrN5O2. The molecule has 118 valence electrons. The summed E-state index contributed by atoms with van der Waals surface area (Å²) in [4.78, 5) is 21.5. The Labute approximate surface area is 137 Å². The van der Waals surface area contributed by atoms with Crippen LogP contribution >= 0.6 is 15.9 Å². The molecule has 1 aromatic heterocycles. The van der Waals surface area contributed by atoms with E-state index in [-0.39, 0.29) is 5.41 Å². The van der Waals surface area contributed by atoms with Crippen LogP contribution in [0.2, 0.25) is 0 Å². The van der Waals surface area contributed by atoms with Crippen molar-refractivity contribution < 1.29 is 9.53 Å². The Morgan fingerprint density at radius 1 is 1.50 bits per heavy atom. The lowest BCUT2D eigenvalue weighted by Gasteiger charge is -2.38. The van der Waals surface area contributed by atoms with E-state index in [0.29, 0.717) is 22.7 Å². The molecule has 1 aromatic rings.